The average Bonchev–Trinajstić information content (AvgIpc) is 3.22. The van der Waals surface area contributed by atoms with E-state index in [1.807, 2.05) is 0 Å². The van der Waals surface area contributed by atoms with Crippen molar-refractivity contribution in [3.8, 4) is 0 Å². The number of aryl methyl sites for hydroxylation is 1. The summed E-state index contributed by atoms with van der Waals surface area (Å²) in [6.07, 6.45) is 7.11. The van der Waals surface area contributed by atoms with Crippen molar-refractivity contribution in [3.63, 3.8) is 0 Å². The first kappa shape index (κ1) is 18.4. The van der Waals surface area contributed by atoms with E-state index in [1.54, 1.807) is 0 Å². The second kappa shape index (κ2) is 8.83. The molecule has 1 nitrogen and oxygen atoms in total. The Labute approximate surface area is 164 Å². The van der Waals surface area contributed by atoms with Crippen LogP contribution in [0.15, 0.2) is 91.0 Å². The molecule has 0 unspecified atom stereocenters. The van der Waals surface area contributed by atoms with Crippen molar-refractivity contribution in [1.29, 1.82) is 0 Å². The smallest absolute Gasteiger partial charge is 0.0925 e. The summed E-state index contributed by atoms with van der Waals surface area (Å²) in [6, 6.07) is 32.4. The predicted molar refractivity (Wildman–Crippen MR) is 116 cm³/mol. The van der Waals surface area contributed by atoms with Crippen LogP contribution in [0.3, 0.4) is 0 Å². The lowest BCUT2D eigenvalue weighted by molar-refractivity contribution is 0.0857. The zero-order chi connectivity index (χ0) is 18.4. The third-order valence-corrected chi connectivity index (χ3v) is 7.60. The highest BCUT2D eigenvalue weighted by Crippen LogP contribution is 2.48. The molecule has 0 bridgehead atoms. The SMILES string of the molecule is c1ccc(CCC2(OP(c3ccccc3)c3ccccc3)CCCC2)cc1. The lowest BCUT2D eigenvalue weighted by Gasteiger charge is -2.34. The van der Waals surface area contributed by atoms with Gasteiger partial charge < -0.3 is 4.52 Å². The molecule has 0 aliphatic heterocycles. The molecule has 0 N–H and O–H groups in total. The monoisotopic (exact) mass is 374 g/mol. The van der Waals surface area contributed by atoms with Crippen LogP contribution >= 0.6 is 8.15 Å². The highest BCUT2D eigenvalue weighted by Gasteiger charge is 2.37. The fourth-order valence-electron chi connectivity index (χ4n) is 4.00. The average molecular weight is 374 g/mol. The third kappa shape index (κ3) is 4.67. The molecule has 1 fully saturated rings. The Hall–Kier alpha value is -1.95. The van der Waals surface area contributed by atoms with Gasteiger partial charge in [0.1, 0.15) is 0 Å². The Morgan fingerprint density at radius 1 is 0.667 bits per heavy atom. The van der Waals surface area contributed by atoms with Crippen molar-refractivity contribution in [2.24, 2.45) is 0 Å². The molecule has 2 heteroatoms. The summed E-state index contributed by atoms with van der Waals surface area (Å²) < 4.78 is 7.06. The molecule has 0 amide bonds. The van der Waals surface area contributed by atoms with Crippen LogP contribution in [0.5, 0.6) is 0 Å². The Kier molecular flexibility index (Phi) is 6.02. The molecule has 0 atom stereocenters. The second-order valence-corrected chi connectivity index (χ2v) is 9.24. The van der Waals surface area contributed by atoms with Crippen LogP contribution in [0.4, 0.5) is 0 Å². The van der Waals surface area contributed by atoms with Crippen LogP contribution in [0, 0.1) is 0 Å². The van der Waals surface area contributed by atoms with E-state index in [2.05, 4.69) is 91.0 Å². The van der Waals surface area contributed by atoms with Crippen molar-refractivity contribution >= 4 is 18.8 Å². The number of benzene rings is 3. The van der Waals surface area contributed by atoms with E-state index < -0.39 is 8.15 Å². The van der Waals surface area contributed by atoms with Crippen LogP contribution < -0.4 is 10.6 Å². The summed E-state index contributed by atoms with van der Waals surface area (Å²) in [6.45, 7) is 0. The van der Waals surface area contributed by atoms with Gasteiger partial charge in [0.15, 0.2) is 0 Å². The van der Waals surface area contributed by atoms with Crippen LogP contribution in [-0.4, -0.2) is 5.60 Å². The highest BCUT2D eigenvalue weighted by molar-refractivity contribution is 7.68. The van der Waals surface area contributed by atoms with Gasteiger partial charge in [0, 0.05) is 10.6 Å². The van der Waals surface area contributed by atoms with Crippen molar-refractivity contribution in [2.75, 3.05) is 0 Å². The van der Waals surface area contributed by atoms with Crippen molar-refractivity contribution in [2.45, 2.75) is 44.1 Å². The van der Waals surface area contributed by atoms with Crippen LogP contribution in [-0.2, 0) is 10.9 Å². The van der Waals surface area contributed by atoms with Crippen molar-refractivity contribution in [1.82, 2.24) is 0 Å². The van der Waals surface area contributed by atoms with E-state index in [-0.39, 0.29) is 5.60 Å². The molecular formula is C25H27OP. The normalized spacial score (nSPS) is 15.9. The van der Waals surface area contributed by atoms with E-state index in [9.17, 15) is 0 Å². The van der Waals surface area contributed by atoms with Crippen molar-refractivity contribution in [3.05, 3.63) is 96.6 Å². The molecule has 27 heavy (non-hydrogen) atoms. The van der Waals surface area contributed by atoms with E-state index in [1.165, 1.54) is 41.9 Å². The Balaban J connectivity index is 1.59. The zero-order valence-electron chi connectivity index (χ0n) is 15.8. The Morgan fingerprint density at radius 3 is 1.67 bits per heavy atom. The van der Waals surface area contributed by atoms with Gasteiger partial charge >= 0.3 is 0 Å². The van der Waals surface area contributed by atoms with Crippen LogP contribution in [0.1, 0.15) is 37.7 Å². The van der Waals surface area contributed by atoms with Gasteiger partial charge in [0.2, 0.25) is 0 Å². The summed E-state index contributed by atoms with van der Waals surface area (Å²) in [4.78, 5) is 0. The predicted octanol–water partition coefficient (Wildman–Crippen LogP) is 6.00. The summed E-state index contributed by atoms with van der Waals surface area (Å²) in [5, 5.41) is 2.62. The maximum atomic E-state index is 7.06. The fraction of sp³-hybridized carbons (Fsp3) is 0.280. The van der Waals surface area contributed by atoms with Gasteiger partial charge in [0.05, 0.1) is 13.7 Å². The van der Waals surface area contributed by atoms with Gasteiger partial charge in [-0.3, -0.25) is 0 Å². The maximum Gasteiger partial charge on any atom is 0.0925 e. The van der Waals surface area contributed by atoms with Crippen LogP contribution in [0.25, 0.3) is 0 Å². The highest BCUT2D eigenvalue weighted by atomic mass is 31.1. The van der Waals surface area contributed by atoms with E-state index >= 15 is 0 Å². The first-order chi connectivity index (χ1) is 13.3. The molecule has 0 spiro atoms. The molecular weight excluding hydrogens is 347 g/mol. The van der Waals surface area contributed by atoms with Gasteiger partial charge in [-0.05, 0) is 31.2 Å². The minimum atomic E-state index is -0.791. The Bertz CT molecular complexity index is 771. The second-order valence-electron chi connectivity index (χ2n) is 7.43. The molecule has 3 aromatic carbocycles. The third-order valence-electron chi connectivity index (χ3n) is 5.49. The molecule has 0 radical (unpaired) electrons. The van der Waals surface area contributed by atoms with Crippen molar-refractivity contribution < 1.29 is 4.52 Å². The summed E-state index contributed by atoms with van der Waals surface area (Å²) in [5.74, 6) is 0. The lowest BCUT2D eigenvalue weighted by atomic mass is 9.93. The molecule has 0 aromatic heterocycles. The minimum absolute atomic E-state index is 0.00717. The molecule has 1 aliphatic carbocycles. The first-order valence-corrected chi connectivity index (χ1v) is 11.2. The van der Waals surface area contributed by atoms with E-state index in [0.29, 0.717) is 0 Å². The van der Waals surface area contributed by atoms with E-state index in [0.717, 1.165) is 12.8 Å². The van der Waals surface area contributed by atoms with Gasteiger partial charge in [-0.15, -0.1) is 0 Å². The standard InChI is InChI=1S/C25H27OP/c1-4-12-22(13-5-1)18-21-25(19-10-11-20-25)26-27(23-14-6-2-7-15-23)24-16-8-3-9-17-24/h1-9,12-17H,10-11,18-21H2. The minimum Gasteiger partial charge on any atom is -0.343 e. The van der Waals surface area contributed by atoms with Gasteiger partial charge in [0.25, 0.3) is 0 Å². The summed E-state index contributed by atoms with van der Waals surface area (Å²) in [5.41, 5.74) is 1.42. The van der Waals surface area contributed by atoms with Gasteiger partial charge in [-0.2, -0.15) is 0 Å². The molecule has 0 heterocycles. The van der Waals surface area contributed by atoms with E-state index in [4.69, 9.17) is 4.52 Å². The Morgan fingerprint density at radius 2 is 1.15 bits per heavy atom. The number of hydrogen-bond acceptors (Lipinski definition) is 1. The van der Waals surface area contributed by atoms with Gasteiger partial charge in [-0.1, -0.05) is 104 Å². The molecule has 4 rings (SSSR count). The zero-order valence-corrected chi connectivity index (χ0v) is 16.7. The largest absolute Gasteiger partial charge is 0.343 e. The summed E-state index contributed by atoms with van der Waals surface area (Å²) >= 11 is 0. The summed E-state index contributed by atoms with van der Waals surface area (Å²) in [7, 11) is -0.791. The molecule has 3 aromatic rings. The topological polar surface area (TPSA) is 9.23 Å². The number of hydrogen-bond donors (Lipinski definition) is 0. The molecule has 1 aliphatic rings. The van der Waals surface area contributed by atoms with Crippen LogP contribution in [0.2, 0.25) is 0 Å². The number of rotatable bonds is 7. The quantitative estimate of drug-likeness (QED) is 0.461. The molecule has 1 saturated carbocycles. The fourth-order valence-corrected chi connectivity index (χ4v) is 6.05. The molecule has 0 saturated heterocycles. The maximum absolute atomic E-state index is 7.06. The lowest BCUT2D eigenvalue weighted by Crippen LogP contribution is -2.31. The first-order valence-electron chi connectivity index (χ1n) is 9.98. The molecule has 138 valence electrons. The van der Waals surface area contributed by atoms with Gasteiger partial charge in [-0.25, -0.2) is 0 Å².